The van der Waals surface area contributed by atoms with Crippen LogP contribution in [-0.4, -0.2) is 23.2 Å². The molecule has 2 aromatic carbocycles. The van der Waals surface area contributed by atoms with Gasteiger partial charge in [0, 0.05) is 17.7 Å². The van der Waals surface area contributed by atoms with E-state index in [0.717, 1.165) is 16.8 Å². The number of carbonyl (C=O) groups is 1. The van der Waals surface area contributed by atoms with Crippen molar-refractivity contribution >= 4 is 17.4 Å². The largest absolute Gasteiger partial charge is 0.497 e. The van der Waals surface area contributed by atoms with Crippen molar-refractivity contribution in [1.82, 2.24) is 10.3 Å². The summed E-state index contributed by atoms with van der Waals surface area (Å²) in [4.78, 5) is 13.3. The molecule has 0 saturated heterocycles. The van der Waals surface area contributed by atoms with Crippen molar-refractivity contribution in [2.24, 2.45) is 0 Å². The summed E-state index contributed by atoms with van der Waals surface area (Å²) >= 11 is 0. The van der Waals surface area contributed by atoms with Crippen LogP contribution in [0.5, 0.6) is 5.75 Å². The van der Waals surface area contributed by atoms with E-state index in [2.05, 4.69) is 20.9 Å². The minimum atomic E-state index is -0.433. The van der Waals surface area contributed by atoms with Gasteiger partial charge in [-0.25, -0.2) is 9.02 Å². The molecule has 152 valence electrons. The van der Waals surface area contributed by atoms with Gasteiger partial charge in [-0.05, 0) is 58.0 Å². The molecule has 3 aromatic rings. The first-order valence-corrected chi connectivity index (χ1v) is 9.64. The molecule has 0 amide bonds. The molecule has 1 aliphatic heterocycles. The topological polar surface area (TPSA) is 89.3 Å². The minimum Gasteiger partial charge on any atom is -0.497 e. The number of ether oxygens (including phenoxy) is 1. The van der Waals surface area contributed by atoms with Crippen LogP contribution in [0.3, 0.4) is 0 Å². The lowest BCUT2D eigenvalue weighted by Crippen LogP contribution is -2.27. The summed E-state index contributed by atoms with van der Waals surface area (Å²) in [7, 11) is 1.60. The summed E-state index contributed by atoms with van der Waals surface area (Å²) in [6.45, 7) is 0. The summed E-state index contributed by atoms with van der Waals surface area (Å²) in [5.41, 5.74) is 3.19. The standard InChI is InChI=1S/C22H19FN4O3/c1-29-16-4-2-3-13(9-16)20-19-17(24-21-22(25-20)27-30-26-21)10-14(11-18(19)28)12-5-7-15(23)8-6-12/h2-9,14,20H,10-11H2,1H3,(H,24,26)(H,25,27)/t14-,20-/m0/s1. The molecule has 2 N–H and O–H groups in total. The fourth-order valence-electron chi connectivity index (χ4n) is 4.14. The van der Waals surface area contributed by atoms with Gasteiger partial charge in [0.2, 0.25) is 11.6 Å². The minimum absolute atomic E-state index is 0.0143. The number of ketones is 1. The molecule has 7 nitrogen and oxygen atoms in total. The molecule has 1 aliphatic carbocycles. The Labute approximate surface area is 171 Å². The maximum Gasteiger partial charge on any atom is 0.219 e. The van der Waals surface area contributed by atoms with E-state index in [-0.39, 0.29) is 17.5 Å². The Hall–Kier alpha value is -3.68. The average Bonchev–Trinajstić information content (AvgIpc) is 3.13. The second kappa shape index (κ2) is 7.29. The van der Waals surface area contributed by atoms with E-state index in [4.69, 9.17) is 9.37 Å². The number of allylic oxidation sites excluding steroid dienone is 1. The van der Waals surface area contributed by atoms with Gasteiger partial charge in [0.15, 0.2) is 5.78 Å². The number of fused-ring (bicyclic) bond motifs is 1. The van der Waals surface area contributed by atoms with E-state index in [1.165, 1.54) is 12.1 Å². The molecule has 8 heteroatoms. The van der Waals surface area contributed by atoms with Gasteiger partial charge in [-0.2, -0.15) is 0 Å². The van der Waals surface area contributed by atoms with E-state index in [9.17, 15) is 9.18 Å². The van der Waals surface area contributed by atoms with Crippen LogP contribution in [0, 0.1) is 5.82 Å². The van der Waals surface area contributed by atoms with E-state index < -0.39 is 6.04 Å². The predicted octanol–water partition coefficient (Wildman–Crippen LogP) is 4.20. The van der Waals surface area contributed by atoms with Gasteiger partial charge in [-0.1, -0.05) is 24.3 Å². The maximum atomic E-state index is 13.4. The van der Waals surface area contributed by atoms with Crippen LogP contribution in [0.4, 0.5) is 16.0 Å². The Morgan fingerprint density at radius 1 is 1.07 bits per heavy atom. The smallest absolute Gasteiger partial charge is 0.219 e. The molecule has 2 heterocycles. The third kappa shape index (κ3) is 3.20. The van der Waals surface area contributed by atoms with E-state index in [1.54, 1.807) is 19.2 Å². The first kappa shape index (κ1) is 18.4. The molecule has 5 rings (SSSR count). The van der Waals surface area contributed by atoms with Gasteiger partial charge in [-0.3, -0.25) is 4.79 Å². The van der Waals surface area contributed by atoms with Crippen molar-refractivity contribution in [2.45, 2.75) is 24.8 Å². The van der Waals surface area contributed by atoms with Gasteiger partial charge in [-0.15, -0.1) is 0 Å². The zero-order valence-corrected chi connectivity index (χ0v) is 16.2. The van der Waals surface area contributed by atoms with Crippen molar-refractivity contribution in [2.75, 3.05) is 17.7 Å². The molecule has 2 aliphatic rings. The quantitative estimate of drug-likeness (QED) is 0.674. The molecule has 0 bridgehead atoms. The van der Waals surface area contributed by atoms with Crippen molar-refractivity contribution in [3.05, 3.63) is 76.7 Å². The number of anilines is 2. The molecule has 0 saturated carbocycles. The Bertz CT molecular complexity index is 1140. The normalized spacial score (nSPS) is 20.5. The number of nitrogens with one attached hydrogen (secondary N) is 2. The molecular formula is C22H19FN4O3. The zero-order chi connectivity index (χ0) is 20.7. The number of Topliss-reactive ketones (excluding diaryl/α,β-unsaturated/α-hetero) is 1. The first-order valence-electron chi connectivity index (χ1n) is 9.64. The van der Waals surface area contributed by atoms with Gasteiger partial charge in [0.25, 0.3) is 0 Å². The Morgan fingerprint density at radius 3 is 2.67 bits per heavy atom. The zero-order valence-electron chi connectivity index (χ0n) is 16.2. The molecule has 0 unspecified atom stereocenters. The SMILES string of the molecule is COc1cccc([C@@H]2Nc3nonc3NC3=C2C(=O)C[C@@H](c2ccc(F)cc2)C3)c1. The van der Waals surface area contributed by atoms with Crippen molar-refractivity contribution in [1.29, 1.82) is 0 Å². The number of rotatable bonds is 3. The van der Waals surface area contributed by atoms with Crippen molar-refractivity contribution < 1.29 is 18.6 Å². The highest BCUT2D eigenvalue weighted by Gasteiger charge is 2.37. The highest BCUT2D eigenvalue weighted by atomic mass is 19.1. The van der Waals surface area contributed by atoms with Crippen LogP contribution in [0.15, 0.2) is 64.4 Å². The number of methoxy groups -OCH3 is 1. The van der Waals surface area contributed by atoms with Crippen LogP contribution in [0.25, 0.3) is 0 Å². The lowest BCUT2D eigenvalue weighted by molar-refractivity contribution is -0.116. The number of carbonyl (C=O) groups excluding carboxylic acids is 1. The van der Waals surface area contributed by atoms with Crippen molar-refractivity contribution in [3.8, 4) is 5.75 Å². The Kier molecular flexibility index (Phi) is 4.46. The average molecular weight is 406 g/mol. The highest BCUT2D eigenvalue weighted by molar-refractivity contribution is 6.00. The number of hydrogen-bond acceptors (Lipinski definition) is 7. The Balaban J connectivity index is 1.59. The van der Waals surface area contributed by atoms with Gasteiger partial charge in [0.05, 0.1) is 13.2 Å². The number of nitrogens with zero attached hydrogens (tertiary/aromatic N) is 2. The van der Waals surface area contributed by atoms with E-state index in [0.29, 0.717) is 35.8 Å². The third-order valence-electron chi connectivity index (χ3n) is 5.60. The number of hydrogen-bond donors (Lipinski definition) is 2. The summed E-state index contributed by atoms with van der Waals surface area (Å²) in [5, 5.41) is 14.4. The summed E-state index contributed by atoms with van der Waals surface area (Å²) in [5.74, 6) is 1.22. The fourth-order valence-corrected chi connectivity index (χ4v) is 4.14. The van der Waals surface area contributed by atoms with Crippen molar-refractivity contribution in [3.63, 3.8) is 0 Å². The second-order valence-corrected chi connectivity index (χ2v) is 7.41. The molecule has 0 spiro atoms. The Morgan fingerprint density at radius 2 is 1.87 bits per heavy atom. The molecule has 30 heavy (non-hydrogen) atoms. The summed E-state index contributed by atoms with van der Waals surface area (Å²) in [6, 6.07) is 13.4. The molecular weight excluding hydrogens is 387 g/mol. The van der Waals surface area contributed by atoms with Crippen LogP contribution < -0.4 is 15.4 Å². The second-order valence-electron chi connectivity index (χ2n) is 7.41. The van der Waals surface area contributed by atoms with E-state index >= 15 is 0 Å². The number of benzene rings is 2. The summed E-state index contributed by atoms with van der Waals surface area (Å²) in [6.07, 6.45) is 0.922. The fraction of sp³-hybridized carbons (Fsp3) is 0.227. The lowest BCUT2D eigenvalue weighted by atomic mass is 9.78. The van der Waals surface area contributed by atoms with Gasteiger partial charge in [0.1, 0.15) is 11.6 Å². The number of halogens is 1. The van der Waals surface area contributed by atoms with Crippen LogP contribution in [0.2, 0.25) is 0 Å². The molecule has 0 fully saturated rings. The van der Waals surface area contributed by atoms with Gasteiger partial charge >= 0.3 is 0 Å². The first-order chi connectivity index (χ1) is 14.6. The predicted molar refractivity (Wildman–Crippen MR) is 108 cm³/mol. The maximum absolute atomic E-state index is 13.4. The monoisotopic (exact) mass is 406 g/mol. The van der Waals surface area contributed by atoms with Crippen LogP contribution in [0.1, 0.15) is 35.9 Å². The molecule has 1 aromatic heterocycles. The van der Waals surface area contributed by atoms with E-state index in [1.807, 2.05) is 24.3 Å². The van der Waals surface area contributed by atoms with Crippen LogP contribution in [-0.2, 0) is 4.79 Å². The summed E-state index contributed by atoms with van der Waals surface area (Å²) < 4.78 is 23.6. The molecule has 0 radical (unpaired) electrons. The molecule has 2 atom stereocenters. The third-order valence-corrected chi connectivity index (χ3v) is 5.60. The highest BCUT2D eigenvalue weighted by Crippen LogP contribution is 2.43. The lowest BCUT2D eigenvalue weighted by Gasteiger charge is -2.29. The van der Waals surface area contributed by atoms with Gasteiger partial charge < -0.3 is 15.4 Å². The number of aromatic nitrogens is 2. The van der Waals surface area contributed by atoms with Crippen LogP contribution >= 0.6 is 0 Å².